The van der Waals surface area contributed by atoms with E-state index in [4.69, 9.17) is 16.3 Å². The molecule has 2 amide bonds. The molecule has 1 aliphatic carbocycles. The van der Waals surface area contributed by atoms with Crippen LogP contribution >= 0.6 is 11.6 Å². The number of hydrogen-bond donors (Lipinski definition) is 1. The Bertz CT molecular complexity index is 1010. The molecule has 2 heterocycles. The van der Waals surface area contributed by atoms with E-state index in [1.165, 1.54) is 18.3 Å². The van der Waals surface area contributed by atoms with E-state index in [2.05, 4.69) is 10.3 Å². The minimum absolute atomic E-state index is 0.0492. The molecule has 0 spiro atoms. The molecule has 1 unspecified atom stereocenters. The number of fused-ring (bicyclic) bond motifs is 1. The highest BCUT2D eigenvalue weighted by Crippen LogP contribution is 2.31. The molecule has 1 fully saturated rings. The molecule has 1 aromatic heterocycles. The van der Waals surface area contributed by atoms with Gasteiger partial charge in [-0.3, -0.25) is 9.59 Å². The van der Waals surface area contributed by atoms with E-state index >= 15 is 0 Å². The van der Waals surface area contributed by atoms with E-state index in [1.54, 1.807) is 23.6 Å². The third kappa shape index (κ3) is 3.92. The van der Waals surface area contributed by atoms with Gasteiger partial charge in [-0.1, -0.05) is 36.6 Å². The van der Waals surface area contributed by atoms with Gasteiger partial charge in [0, 0.05) is 17.6 Å². The number of methoxy groups -OCH3 is 1. The highest BCUT2D eigenvalue weighted by molar-refractivity contribution is 6.30. The summed E-state index contributed by atoms with van der Waals surface area (Å²) >= 11 is 6.00. The number of hydrogen-bond acceptors (Lipinski definition) is 5. The SMILES string of the molecule is COC(=O)c1ncn2c1C(=O)N(Cc1ccc(Cl)cc1)C(C)(C(=O)NC1CCCC1)C2. The fraction of sp³-hybridized carbons (Fsp3) is 0.455. The molecule has 1 aliphatic heterocycles. The fourth-order valence-corrected chi connectivity index (χ4v) is 4.49. The Morgan fingerprint density at radius 3 is 2.58 bits per heavy atom. The first-order valence-corrected chi connectivity index (χ1v) is 10.7. The van der Waals surface area contributed by atoms with Gasteiger partial charge in [-0.25, -0.2) is 9.78 Å². The summed E-state index contributed by atoms with van der Waals surface area (Å²) in [5.41, 5.74) is -0.246. The van der Waals surface area contributed by atoms with Gasteiger partial charge in [-0.2, -0.15) is 0 Å². The summed E-state index contributed by atoms with van der Waals surface area (Å²) in [5, 5.41) is 3.71. The molecule has 0 bridgehead atoms. The number of rotatable bonds is 5. The maximum absolute atomic E-state index is 13.6. The topological polar surface area (TPSA) is 93.5 Å². The molecule has 8 nitrogen and oxygen atoms in total. The zero-order valence-corrected chi connectivity index (χ0v) is 18.3. The third-order valence-electron chi connectivity index (χ3n) is 6.17. The van der Waals surface area contributed by atoms with Gasteiger partial charge < -0.3 is 19.5 Å². The zero-order chi connectivity index (χ0) is 22.2. The van der Waals surface area contributed by atoms with Crippen molar-refractivity contribution in [2.24, 2.45) is 0 Å². The highest BCUT2D eigenvalue weighted by Gasteiger charge is 2.49. The lowest BCUT2D eigenvalue weighted by molar-refractivity contribution is -0.134. The number of nitrogens with zero attached hydrogens (tertiary/aromatic N) is 3. The van der Waals surface area contributed by atoms with Crippen LogP contribution < -0.4 is 5.32 Å². The smallest absolute Gasteiger partial charge is 0.359 e. The number of halogens is 1. The lowest BCUT2D eigenvalue weighted by Crippen LogP contribution is -2.64. The van der Waals surface area contributed by atoms with Crippen molar-refractivity contribution in [2.75, 3.05) is 7.11 Å². The van der Waals surface area contributed by atoms with Crippen LogP contribution in [0.15, 0.2) is 30.6 Å². The normalized spacial score (nSPS) is 21.1. The molecule has 2 aliphatic rings. The number of aromatic nitrogens is 2. The van der Waals surface area contributed by atoms with Crippen molar-refractivity contribution in [1.29, 1.82) is 0 Å². The van der Waals surface area contributed by atoms with Gasteiger partial charge in [0.15, 0.2) is 5.69 Å². The molecule has 0 radical (unpaired) electrons. The maximum Gasteiger partial charge on any atom is 0.359 e. The zero-order valence-electron chi connectivity index (χ0n) is 17.6. The molecule has 1 saturated carbocycles. The number of ether oxygens (including phenoxy) is 1. The average molecular weight is 445 g/mol. The van der Waals surface area contributed by atoms with Crippen molar-refractivity contribution in [3.63, 3.8) is 0 Å². The van der Waals surface area contributed by atoms with Crippen LogP contribution in [0, 0.1) is 0 Å². The van der Waals surface area contributed by atoms with Crippen molar-refractivity contribution in [3.05, 3.63) is 52.6 Å². The van der Waals surface area contributed by atoms with Crippen LogP contribution in [0.4, 0.5) is 0 Å². The molecule has 31 heavy (non-hydrogen) atoms. The summed E-state index contributed by atoms with van der Waals surface area (Å²) in [7, 11) is 1.24. The number of amides is 2. The van der Waals surface area contributed by atoms with E-state index in [-0.39, 0.29) is 36.4 Å². The predicted octanol–water partition coefficient (Wildman–Crippen LogP) is 2.80. The monoisotopic (exact) mass is 444 g/mol. The Balaban J connectivity index is 1.72. The summed E-state index contributed by atoms with van der Waals surface area (Å²) in [4.78, 5) is 44.8. The van der Waals surface area contributed by atoms with Crippen molar-refractivity contribution in [2.45, 2.75) is 57.3 Å². The van der Waals surface area contributed by atoms with Gasteiger partial charge >= 0.3 is 5.97 Å². The standard InChI is InChI=1S/C22H25ClN4O4/c1-22(21(30)25-16-5-3-4-6-16)12-26-13-24-17(20(29)31-2)18(26)19(28)27(22)11-14-7-9-15(23)10-8-14/h7-10,13,16H,3-6,11-12H2,1-2H3,(H,25,30). The van der Waals surface area contributed by atoms with E-state index in [1.807, 2.05) is 12.1 Å². The van der Waals surface area contributed by atoms with E-state index < -0.39 is 17.4 Å². The highest BCUT2D eigenvalue weighted by atomic mass is 35.5. The molecule has 2 aromatic rings. The second-order valence-electron chi connectivity index (χ2n) is 8.31. The second-order valence-corrected chi connectivity index (χ2v) is 8.74. The predicted molar refractivity (Wildman–Crippen MR) is 114 cm³/mol. The van der Waals surface area contributed by atoms with Crippen molar-refractivity contribution in [1.82, 2.24) is 19.8 Å². The summed E-state index contributed by atoms with van der Waals surface area (Å²) < 4.78 is 6.35. The lowest BCUT2D eigenvalue weighted by Gasteiger charge is -2.44. The molecular formula is C22H25ClN4O4. The number of carbonyl (C=O) groups is 3. The molecule has 9 heteroatoms. The van der Waals surface area contributed by atoms with Crippen LogP contribution in [-0.4, -0.2) is 50.9 Å². The molecule has 1 N–H and O–H groups in total. The van der Waals surface area contributed by atoms with E-state index in [0.717, 1.165) is 31.2 Å². The maximum atomic E-state index is 13.6. The van der Waals surface area contributed by atoms with Gasteiger partial charge in [-0.15, -0.1) is 0 Å². The van der Waals surface area contributed by atoms with Crippen LogP contribution in [0.5, 0.6) is 0 Å². The van der Waals surface area contributed by atoms with Crippen LogP contribution in [0.3, 0.4) is 0 Å². The van der Waals surface area contributed by atoms with Crippen LogP contribution in [0.1, 0.15) is 59.1 Å². The Morgan fingerprint density at radius 1 is 1.26 bits per heavy atom. The van der Waals surface area contributed by atoms with Crippen molar-refractivity contribution < 1.29 is 19.1 Å². The molecule has 0 saturated heterocycles. The number of benzene rings is 1. The summed E-state index contributed by atoms with van der Waals surface area (Å²) in [6.07, 6.45) is 5.47. The van der Waals surface area contributed by atoms with Crippen LogP contribution in [0.2, 0.25) is 5.02 Å². The summed E-state index contributed by atoms with van der Waals surface area (Å²) in [6.45, 7) is 2.13. The molecule has 164 valence electrons. The van der Waals surface area contributed by atoms with Gasteiger partial charge in [0.2, 0.25) is 5.91 Å². The average Bonchev–Trinajstić information content (AvgIpc) is 3.41. The Kier molecular flexibility index (Phi) is 5.75. The Morgan fingerprint density at radius 2 is 1.94 bits per heavy atom. The molecule has 1 aromatic carbocycles. The molecule has 1 atom stereocenters. The molecular weight excluding hydrogens is 420 g/mol. The summed E-state index contributed by atoms with van der Waals surface area (Å²) in [5.74, 6) is -1.34. The minimum atomic E-state index is -1.15. The van der Waals surface area contributed by atoms with Crippen molar-refractivity contribution in [3.8, 4) is 0 Å². The number of esters is 1. The second kappa shape index (κ2) is 8.34. The van der Waals surface area contributed by atoms with Gasteiger partial charge in [-0.05, 0) is 37.5 Å². The first-order chi connectivity index (χ1) is 14.8. The van der Waals surface area contributed by atoms with Gasteiger partial charge in [0.1, 0.15) is 11.2 Å². The molecule has 4 rings (SSSR count). The number of imidazole rings is 1. The number of nitrogens with one attached hydrogen (secondary N) is 1. The lowest BCUT2D eigenvalue weighted by atomic mass is 9.93. The van der Waals surface area contributed by atoms with Crippen LogP contribution in [0.25, 0.3) is 0 Å². The first-order valence-electron chi connectivity index (χ1n) is 10.3. The largest absolute Gasteiger partial charge is 0.464 e. The van der Waals surface area contributed by atoms with Crippen LogP contribution in [-0.2, 0) is 22.6 Å². The number of carbonyl (C=O) groups excluding carboxylic acids is 3. The quantitative estimate of drug-likeness (QED) is 0.716. The summed E-state index contributed by atoms with van der Waals surface area (Å²) in [6, 6.07) is 7.24. The minimum Gasteiger partial charge on any atom is -0.464 e. The first kappa shape index (κ1) is 21.4. The van der Waals surface area contributed by atoms with E-state index in [0.29, 0.717) is 5.02 Å². The van der Waals surface area contributed by atoms with Gasteiger partial charge in [0.25, 0.3) is 5.91 Å². The Labute approximate surface area is 185 Å². The van der Waals surface area contributed by atoms with Crippen molar-refractivity contribution >= 4 is 29.4 Å². The Hall–Kier alpha value is -2.87. The third-order valence-corrected chi connectivity index (χ3v) is 6.42. The van der Waals surface area contributed by atoms with Gasteiger partial charge in [0.05, 0.1) is 20.0 Å². The van der Waals surface area contributed by atoms with E-state index in [9.17, 15) is 14.4 Å². The fourth-order valence-electron chi connectivity index (χ4n) is 4.37.